The Morgan fingerprint density at radius 3 is 2.71 bits per heavy atom. The first-order valence-electron chi connectivity index (χ1n) is 6.43. The predicted octanol–water partition coefficient (Wildman–Crippen LogP) is 3.67. The molecule has 0 aromatic heterocycles. The van der Waals surface area contributed by atoms with Gasteiger partial charge in [-0.25, -0.2) is 0 Å². The summed E-state index contributed by atoms with van der Waals surface area (Å²) in [6.45, 7) is 3.73. The fourth-order valence-corrected chi connectivity index (χ4v) is 1.94. The molecule has 4 nitrogen and oxygen atoms in total. The predicted molar refractivity (Wildman–Crippen MR) is 82.5 cm³/mol. The molecule has 0 aliphatic heterocycles. The van der Waals surface area contributed by atoms with Crippen LogP contribution < -0.4 is 15.2 Å². The fourth-order valence-electron chi connectivity index (χ4n) is 1.94. The second-order valence-electron chi connectivity index (χ2n) is 4.44. The number of nitriles is 1. The third-order valence-corrected chi connectivity index (χ3v) is 2.98. The molecule has 0 heterocycles. The van der Waals surface area contributed by atoms with Crippen molar-refractivity contribution in [2.75, 3.05) is 12.8 Å². The zero-order chi connectivity index (χ0) is 15.2. The molecule has 0 unspecified atom stereocenters. The molecule has 2 rings (SSSR count). The Morgan fingerprint density at radius 2 is 2.05 bits per heavy atom. The van der Waals surface area contributed by atoms with Gasteiger partial charge in [0, 0.05) is 17.3 Å². The van der Waals surface area contributed by atoms with E-state index in [4.69, 9.17) is 20.5 Å². The summed E-state index contributed by atoms with van der Waals surface area (Å²) in [5, 5.41) is 9.17. The lowest BCUT2D eigenvalue weighted by Crippen LogP contribution is -1.96. The van der Waals surface area contributed by atoms with E-state index in [1.807, 2.05) is 6.07 Å². The Hall–Kier alpha value is -2.93. The number of hydrogen-bond acceptors (Lipinski definition) is 4. The van der Waals surface area contributed by atoms with E-state index in [0.29, 0.717) is 34.9 Å². The van der Waals surface area contributed by atoms with Gasteiger partial charge in [0.05, 0.1) is 12.7 Å². The first kappa shape index (κ1) is 14.5. The Bertz CT molecular complexity index is 702. The highest BCUT2D eigenvalue weighted by Crippen LogP contribution is 2.32. The van der Waals surface area contributed by atoms with Crippen molar-refractivity contribution >= 4 is 5.69 Å². The Kier molecular flexibility index (Phi) is 4.47. The molecule has 0 bridgehead atoms. The quantitative estimate of drug-likeness (QED) is 0.670. The fraction of sp³-hybridized carbons (Fsp3) is 0.118. The van der Waals surface area contributed by atoms with Crippen molar-refractivity contribution in [3.63, 3.8) is 0 Å². The normalized spacial score (nSPS) is 9.71. The minimum atomic E-state index is 0.442. The van der Waals surface area contributed by atoms with Gasteiger partial charge in [0.1, 0.15) is 23.3 Å². The maximum Gasteiger partial charge on any atom is 0.148 e. The molecule has 0 amide bonds. The van der Waals surface area contributed by atoms with Gasteiger partial charge in [0.2, 0.25) is 0 Å². The van der Waals surface area contributed by atoms with E-state index >= 15 is 0 Å². The van der Waals surface area contributed by atoms with Crippen LogP contribution in [-0.4, -0.2) is 7.11 Å². The molecular formula is C17H16N2O2. The molecular weight excluding hydrogens is 264 g/mol. The van der Waals surface area contributed by atoms with E-state index in [0.717, 1.165) is 5.56 Å². The molecule has 4 heteroatoms. The summed E-state index contributed by atoms with van der Waals surface area (Å²) >= 11 is 0. The topological polar surface area (TPSA) is 68.3 Å². The zero-order valence-corrected chi connectivity index (χ0v) is 11.8. The van der Waals surface area contributed by atoms with Gasteiger partial charge in [-0.15, -0.1) is 6.58 Å². The van der Waals surface area contributed by atoms with E-state index in [1.165, 1.54) is 0 Å². The van der Waals surface area contributed by atoms with Crippen LogP contribution in [0.15, 0.2) is 49.1 Å². The summed E-state index contributed by atoms with van der Waals surface area (Å²) < 4.78 is 11.0. The highest BCUT2D eigenvalue weighted by atomic mass is 16.5. The van der Waals surface area contributed by atoms with Crippen molar-refractivity contribution in [3.05, 3.63) is 60.2 Å². The van der Waals surface area contributed by atoms with Gasteiger partial charge in [0.15, 0.2) is 0 Å². The SMILES string of the molecule is C=CCc1cc(N)ccc1Oc1cc(OC)ccc1C#N. The summed E-state index contributed by atoms with van der Waals surface area (Å²) in [6, 6.07) is 12.6. The molecule has 0 saturated carbocycles. The third kappa shape index (κ3) is 3.34. The Labute approximate surface area is 124 Å². The first-order chi connectivity index (χ1) is 10.2. The lowest BCUT2D eigenvalue weighted by atomic mass is 10.1. The number of nitrogens with two attached hydrogens (primary N) is 1. The van der Waals surface area contributed by atoms with Crippen LogP contribution in [0.25, 0.3) is 0 Å². The first-order valence-corrected chi connectivity index (χ1v) is 6.43. The monoisotopic (exact) mass is 280 g/mol. The smallest absolute Gasteiger partial charge is 0.148 e. The summed E-state index contributed by atoms with van der Waals surface area (Å²) in [5.74, 6) is 1.73. The van der Waals surface area contributed by atoms with Crippen LogP contribution in [0.1, 0.15) is 11.1 Å². The second-order valence-corrected chi connectivity index (χ2v) is 4.44. The van der Waals surface area contributed by atoms with Crippen molar-refractivity contribution in [1.29, 1.82) is 5.26 Å². The van der Waals surface area contributed by atoms with Gasteiger partial charge in [-0.3, -0.25) is 0 Å². The van der Waals surface area contributed by atoms with Crippen molar-refractivity contribution in [3.8, 4) is 23.3 Å². The van der Waals surface area contributed by atoms with Crippen LogP contribution in [0.2, 0.25) is 0 Å². The average Bonchev–Trinajstić information content (AvgIpc) is 2.50. The number of anilines is 1. The third-order valence-electron chi connectivity index (χ3n) is 2.98. The van der Waals surface area contributed by atoms with Crippen LogP contribution in [0.3, 0.4) is 0 Å². The van der Waals surface area contributed by atoms with Gasteiger partial charge in [0.25, 0.3) is 0 Å². The van der Waals surface area contributed by atoms with Crippen LogP contribution >= 0.6 is 0 Å². The van der Waals surface area contributed by atoms with Gasteiger partial charge in [-0.1, -0.05) is 6.08 Å². The number of nitrogen functional groups attached to an aromatic ring is 1. The standard InChI is InChI=1S/C17H16N2O2/c1-3-4-12-9-14(19)6-8-16(12)21-17-10-15(20-2)7-5-13(17)11-18/h3,5-10H,1,4,19H2,2H3. The molecule has 0 fully saturated rings. The Balaban J connectivity index is 2.42. The number of ether oxygens (including phenoxy) is 2. The van der Waals surface area contributed by atoms with Crippen molar-refractivity contribution in [2.45, 2.75) is 6.42 Å². The number of methoxy groups -OCH3 is 1. The number of rotatable bonds is 5. The molecule has 0 spiro atoms. The van der Waals surface area contributed by atoms with Crippen LogP contribution in [0.5, 0.6) is 17.2 Å². The molecule has 0 aliphatic carbocycles. The number of hydrogen-bond donors (Lipinski definition) is 1. The second kappa shape index (κ2) is 6.49. The maximum atomic E-state index is 9.17. The molecule has 2 aromatic rings. The summed E-state index contributed by atoms with van der Waals surface area (Å²) in [6.07, 6.45) is 2.41. The lowest BCUT2D eigenvalue weighted by molar-refractivity contribution is 0.408. The molecule has 2 N–H and O–H groups in total. The number of benzene rings is 2. The summed E-state index contributed by atoms with van der Waals surface area (Å²) in [4.78, 5) is 0. The van der Waals surface area contributed by atoms with E-state index in [2.05, 4.69) is 12.6 Å². The van der Waals surface area contributed by atoms with Crippen LogP contribution in [0, 0.1) is 11.3 Å². The van der Waals surface area contributed by atoms with Crippen LogP contribution in [-0.2, 0) is 6.42 Å². The van der Waals surface area contributed by atoms with Gasteiger partial charge in [-0.05, 0) is 36.8 Å². The molecule has 0 saturated heterocycles. The van der Waals surface area contributed by atoms with Crippen molar-refractivity contribution < 1.29 is 9.47 Å². The van der Waals surface area contributed by atoms with E-state index in [9.17, 15) is 0 Å². The molecule has 0 atom stereocenters. The summed E-state index contributed by atoms with van der Waals surface area (Å²) in [7, 11) is 1.57. The summed E-state index contributed by atoms with van der Waals surface area (Å²) in [5.41, 5.74) is 7.80. The van der Waals surface area contributed by atoms with Crippen molar-refractivity contribution in [2.24, 2.45) is 0 Å². The molecule has 2 aromatic carbocycles. The van der Waals surface area contributed by atoms with E-state index in [-0.39, 0.29) is 0 Å². The minimum absolute atomic E-state index is 0.442. The van der Waals surface area contributed by atoms with Gasteiger partial charge in [-0.2, -0.15) is 5.26 Å². The molecule has 21 heavy (non-hydrogen) atoms. The number of allylic oxidation sites excluding steroid dienone is 1. The maximum absolute atomic E-state index is 9.17. The molecule has 0 aliphatic rings. The van der Waals surface area contributed by atoms with Gasteiger partial charge >= 0.3 is 0 Å². The lowest BCUT2D eigenvalue weighted by Gasteiger charge is -2.13. The molecule has 106 valence electrons. The van der Waals surface area contributed by atoms with E-state index < -0.39 is 0 Å². The highest BCUT2D eigenvalue weighted by molar-refractivity contribution is 5.53. The van der Waals surface area contributed by atoms with Crippen molar-refractivity contribution in [1.82, 2.24) is 0 Å². The van der Waals surface area contributed by atoms with Crippen LogP contribution in [0.4, 0.5) is 5.69 Å². The zero-order valence-electron chi connectivity index (χ0n) is 11.8. The molecule has 0 radical (unpaired) electrons. The largest absolute Gasteiger partial charge is 0.497 e. The highest BCUT2D eigenvalue weighted by Gasteiger charge is 2.10. The van der Waals surface area contributed by atoms with Gasteiger partial charge < -0.3 is 15.2 Å². The minimum Gasteiger partial charge on any atom is -0.497 e. The average molecular weight is 280 g/mol. The Morgan fingerprint density at radius 1 is 1.24 bits per heavy atom. The van der Waals surface area contributed by atoms with E-state index in [1.54, 1.807) is 43.5 Å². The number of nitrogens with zero attached hydrogens (tertiary/aromatic N) is 1.